The molecule has 0 unspecified atom stereocenters. The first-order valence-electron chi connectivity index (χ1n) is 4.99. The van der Waals surface area contributed by atoms with Gasteiger partial charge in [0.25, 0.3) is 0 Å². The Hall–Kier alpha value is -1.50. The van der Waals surface area contributed by atoms with E-state index in [2.05, 4.69) is 11.1 Å². The van der Waals surface area contributed by atoms with Gasteiger partial charge in [-0.05, 0) is 31.2 Å². The van der Waals surface area contributed by atoms with Crippen LogP contribution in [0, 0.1) is 18.3 Å². The van der Waals surface area contributed by atoms with Gasteiger partial charge in [-0.1, -0.05) is 41.1 Å². The van der Waals surface area contributed by atoms with E-state index in [-0.39, 0.29) is 0 Å². The first-order chi connectivity index (χ1) is 8.17. The van der Waals surface area contributed by atoms with Gasteiger partial charge < -0.3 is 0 Å². The van der Waals surface area contributed by atoms with Crippen LogP contribution in [-0.2, 0) is 0 Å². The molecule has 0 bridgehead atoms. The van der Waals surface area contributed by atoms with Crippen LogP contribution in [-0.4, -0.2) is 4.98 Å². The smallest absolute Gasteiger partial charge is 0.131 e. The third kappa shape index (κ3) is 3.23. The summed E-state index contributed by atoms with van der Waals surface area (Å²) in [7, 11) is 0. The van der Waals surface area contributed by atoms with Gasteiger partial charge in [0.2, 0.25) is 0 Å². The van der Waals surface area contributed by atoms with Crippen LogP contribution in [0.4, 0.5) is 0 Å². The Labute approximate surface area is 109 Å². The molecule has 0 aliphatic heterocycles. The summed E-state index contributed by atoms with van der Waals surface area (Å²) in [5.74, 6) is 0. The predicted molar refractivity (Wildman–Crippen MR) is 69.3 cm³/mol. The Morgan fingerprint density at radius 2 is 1.94 bits per heavy atom. The van der Waals surface area contributed by atoms with Crippen molar-refractivity contribution < 1.29 is 0 Å². The molecule has 0 atom stereocenters. The summed E-state index contributed by atoms with van der Waals surface area (Å²) in [6.45, 7) is 2.04. The second kappa shape index (κ2) is 5.22. The number of nitriles is 1. The van der Waals surface area contributed by atoms with Gasteiger partial charge in [-0.2, -0.15) is 5.26 Å². The van der Waals surface area contributed by atoms with E-state index >= 15 is 0 Å². The maximum absolute atomic E-state index is 8.84. The second-order valence-corrected chi connectivity index (χ2v) is 5.02. The van der Waals surface area contributed by atoms with Gasteiger partial charge >= 0.3 is 0 Å². The van der Waals surface area contributed by atoms with E-state index in [1.807, 2.05) is 31.2 Å². The first-order valence-corrected chi connectivity index (χ1v) is 6.19. The van der Waals surface area contributed by atoms with Gasteiger partial charge in [-0.15, -0.1) is 0 Å². The number of pyridine rings is 1. The van der Waals surface area contributed by atoms with Gasteiger partial charge in [0.1, 0.15) is 10.2 Å². The fraction of sp³-hybridized carbons (Fsp3) is 0.0769. The summed E-state index contributed by atoms with van der Waals surface area (Å²) >= 11 is 7.34. The number of hydrogen-bond acceptors (Lipinski definition) is 3. The van der Waals surface area contributed by atoms with E-state index in [9.17, 15) is 0 Å². The highest BCUT2D eigenvalue weighted by Gasteiger charge is 2.03. The molecule has 0 amide bonds. The van der Waals surface area contributed by atoms with E-state index in [0.29, 0.717) is 10.7 Å². The van der Waals surface area contributed by atoms with Gasteiger partial charge in [-0.3, -0.25) is 0 Å². The summed E-state index contributed by atoms with van der Waals surface area (Å²) in [4.78, 5) is 5.25. The van der Waals surface area contributed by atoms with Crippen molar-refractivity contribution in [3.05, 3.63) is 52.7 Å². The molecule has 84 valence electrons. The van der Waals surface area contributed by atoms with E-state index < -0.39 is 0 Å². The van der Waals surface area contributed by atoms with Gasteiger partial charge in [0.05, 0.1) is 11.6 Å². The van der Waals surface area contributed by atoms with Crippen LogP contribution in [0.25, 0.3) is 0 Å². The monoisotopic (exact) mass is 260 g/mol. The summed E-state index contributed by atoms with van der Waals surface area (Å²) < 4.78 is 0. The lowest BCUT2D eigenvalue weighted by Gasteiger charge is -2.02. The minimum absolute atomic E-state index is 0.346. The first kappa shape index (κ1) is 12.0. The van der Waals surface area contributed by atoms with Crippen LogP contribution in [0.3, 0.4) is 0 Å². The normalized spacial score (nSPS) is 9.94. The van der Waals surface area contributed by atoms with Gasteiger partial charge in [-0.25, -0.2) is 4.98 Å². The zero-order valence-electron chi connectivity index (χ0n) is 9.14. The highest BCUT2D eigenvalue weighted by Crippen LogP contribution is 2.28. The summed E-state index contributed by atoms with van der Waals surface area (Å²) in [5.41, 5.74) is 1.74. The largest absolute Gasteiger partial charge is 0.229 e. The molecule has 1 aromatic heterocycles. The lowest BCUT2D eigenvalue weighted by Crippen LogP contribution is -1.84. The Morgan fingerprint density at radius 3 is 2.59 bits per heavy atom. The average molecular weight is 261 g/mol. The van der Waals surface area contributed by atoms with E-state index in [4.69, 9.17) is 16.9 Å². The zero-order valence-corrected chi connectivity index (χ0v) is 10.7. The zero-order chi connectivity index (χ0) is 12.3. The molecule has 0 fully saturated rings. The van der Waals surface area contributed by atoms with Crippen molar-refractivity contribution in [1.29, 1.82) is 5.26 Å². The number of rotatable bonds is 2. The lowest BCUT2D eigenvalue weighted by molar-refractivity contribution is 1.12. The van der Waals surface area contributed by atoms with Gasteiger partial charge in [0.15, 0.2) is 0 Å². The van der Waals surface area contributed by atoms with Crippen molar-refractivity contribution >= 4 is 23.4 Å². The topological polar surface area (TPSA) is 36.7 Å². The van der Waals surface area contributed by atoms with E-state index in [1.165, 1.54) is 17.3 Å². The summed E-state index contributed by atoms with van der Waals surface area (Å²) in [6.07, 6.45) is 0. The number of nitrogens with zero attached hydrogens (tertiary/aromatic N) is 2. The minimum atomic E-state index is 0.346. The molecular formula is C13H9ClN2S. The lowest BCUT2D eigenvalue weighted by atomic mass is 10.2. The van der Waals surface area contributed by atoms with Crippen LogP contribution in [0.5, 0.6) is 0 Å². The number of aryl methyl sites for hydroxylation is 1. The van der Waals surface area contributed by atoms with Crippen molar-refractivity contribution in [2.45, 2.75) is 16.8 Å². The molecule has 0 aliphatic carbocycles. The SMILES string of the molecule is Cc1ccc(Sc2cc(C#N)cc(Cl)n2)cc1. The van der Waals surface area contributed by atoms with E-state index in [0.717, 1.165) is 9.92 Å². The molecule has 1 heterocycles. The average Bonchev–Trinajstić information content (AvgIpc) is 2.31. The Morgan fingerprint density at radius 1 is 1.24 bits per heavy atom. The highest BCUT2D eigenvalue weighted by molar-refractivity contribution is 7.99. The third-order valence-corrected chi connectivity index (χ3v) is 3.26. The number of halogens is 1. The maximum Gasteiger partial charge on any atom is 0.131 e. The number of aromatic nitrogens is 1. The Balaban J connectivity index is 2.27. The van der Waals surface area contributed by atoms with Crippen molar-refractivity contribution in [3.8, 4) is 6.07 Å². The molecule has 0 saturated carbocycles. The molecule has 0 N–H and O–H groups in total. The molecular weight excluding hydrogens is 252 g/mol. The fourth-order valence-corrected chi connectivity index (χ4v) is 2.42. The predicted octanol–water partition coefficient (Wildman–Crippen LogP) is 4.07. The highest BCUT2D eigenvalue weighted by atomic mass is 35.5. The molecule has 0 radical (unpaired) electrons. The summed E-state index contributed by atoms with van der Waals surface area (Å²) in [6, 6.07) is 13.5. The second-order valence-electron chi connectivity index (χ2n) is 3.54. The van der Waals surface area contributed by atoms with Crippen molar-refractivity contribution in [2.75, 3.05) is 0 Å². The van der Waals surface area contributed by atoms with E-state index in [1.54, 1.807) is 12.1 Å². The number of benzene rings is 1. The molecule has 2 nitrogen and oxygen atoms in total. The van der Waals surface area contributed by atoms with Crippen LogP contribution < -0.4 is 0 Å². The molecule has 2 rings (SSSR count). The minimum Gasteiger partial charge on any atom is -0.229 e. The Bertz CT molecular complexity index is 573. The van der Waals surface area contributed by atoms with Crippen molar-refractivity contribution in [3.63, 3.8) is 0 Å². The number of hydrogen-bond donors (Lipinski definition) is 0. The fourth-order valence-electron chi connectivity index (χ4n) is 1.32. The molecule has 17 heavy (non-hydrogen) atoms. The quantitative estimate of drug-likeness (QED) is 0.764. The molecule has 0 saturated heterocycles. The molecule has 2 aromatic rings. The molecule has 0 aliphatic rings. The maximum atomic E-state index is 8.84. The standard InChI is InChI=1S/C13H9ClN2S/c1-9-2-4-11(5-3-9)17-13-7-10(8-15)6-12(14)16-13/h2-7H,1H3. The molecule has 1 aromatic carbocycles. The van der Waals surface area contributed by atoms with Crippen LogP contribution in [0.2, 0.25) is 5.15 Å². The van der Waals surface area contributed by atoms with Crippen LogP contribution >= 0.6 is 23.4 Å². The van der Waals surface area contributed by atoms with Crippen LogP contribution in [0.1, 0.15) is 11.1 Å². The molecule has 4 heteroatoms. The Kier molecular flexibility index (Phi) is 3.68. The molecule has 0 spiro atoms. The van der Waals surface area contributed by atoms with Crippen molar-refractivity contribution in [2.24, 2.45) is 0 Å². The third-order valence-electron chi connectivity index (χ3n) is 2.14. The summed E-state index contributed by atoms with van der Waals surface area (Å²) in [5, 5.41) is 9.92. The van der Waals surface area contributed by atoms with Crippen molar-refractivity contribution in [1.82, 2.24) is 4.98 Å². The van der Waals surface area contributed by atoms with Gasteiger partial charge in [0, 0.05) is 4.90 Å². The van der Waals surface area contributed by atoms with Crippen LogP contribution in [0.15, 0.2) is 46.3 Å².